The van der Waals surface area contributed by atoms with Gasteiger partial charge in [-0.15, -0.1) is 0 Å². The van der Waals surface area contributed by atoms with Gasteiger partial charge >= 0.3 is 0 Å². The Balaban J connectivity index is 1.93. The van der Waals surface area contributed by atoms with Gasteiger partial charge in [0.25, 0.3) is 5.91 Å². The van der Waals surface area contributed by atoms with Crippen molar-refractivity contribution in [3.05, 3.63) is 58.1 Å². The van der Waals surface area contributed by atoms with E-state index in [0.29, 0.717) is 18.8 Å². The summed E-state index contributed by atoms with van der Waals surface area (Å²) < 4.78 is 16.4. The number of halogens is 2. The lowest BCUT2D eigenvalue weighted by Gasteiger charge is -2.36. The largest absolute Gasteiger partial charge is 0.343 e. The molecule has 1 aromatic heterocycles. The first kappa shape index (κ1) is 16.2. The molecule has 1 N–H and O–H groups in total. The number of carbonyl (C=O) groups excluding carboxylic acids is 1. The molecule has 0 bridgehead atoms. The molecule has 1 atom stereocenters. The zero-order chi connectivity index (χ0) is 16.4. The summed E-state index contributed by atoms with van der Waals surface area (Å²) >= 11 is 3.43. The van der Waals surface area contributed by atoms with Gasteiger partial charge in [-0.2, -0.15) is 0 Å². The van der Waals surface area contributed by atoms with Crippen LogP contribution in [0.2, 0.25) is 0 Å². The molecule has 0 aliphatic carbocycles. The van der Waals surface area contributed by atoms with Crippen molar-refractivity contribution in [2.45, 2.75) is 19.5 Å². The summed E-state index contributed by atoms with van der Waals surface area (Å²) in [4.78, 5) is 14.9. The van der Waals surface area contributed by atoms with Gasteiger partial charge in [0.05, 0.1) is 6.04 Å². The van der Waals surface area contributed by atoms with Gasteiger partial charge in [0.2, 0.25) is 0 Å². The summed E-state index contributed by atoms with van der Waals surface area (Å²) in [5.41, 5.74) is 1.47. The molecule has 0 spiro atoms. The average molecular weight is 380 g/mol. The first-order chi connectivity index (χ1) is 11.1. The number of nitrogens with one attached hydrogen (secondary N) is 1. The van der Waals surface area contributed by atoms with Crippen LogP contribution in [0.15, 0.2) is 41.0 Å². The van der Waals surface area contributed by atoms with E-state index in [1.165, 1.54) is 12.1 Å². The Morgan fingerprint density at radius 2 is 2.26 bits per heavy atom. The molecular weight excluding hydrogens is 361 g/mol. The van der Waals surface area contributed by atoms with E-state index in [-0.39, 0.29) is 17.8 Å². The van der Waals surface area contributed by atoms with Crippen molar-refractivity contribution in [2.24, 2.45) is 0 Å². The fourth-order valence-electron chi connectivity index (χ4n) is 3.02. The highest BCUT2D eigenvalue weighted by Gasteiger charge is 2.30. The van der Waals surface area contributed by atoms with E-state index >= 15 is 0 Å². The highest BCUT2D eigenvalue weighted by atomic mass is 79.9. The minimum atomic E-state index is -0.278. The zero-order valence-electron chi connectivity index (χ0n) is 12.9. The Morgan fingerprint density at radius 3 is 3.00 bits per heavy atom. The average Bonchev–Trinajstić information content (AvgIpc) is 2.95. The third-order valence-corrected chi connectivity index (χ3v) is 4.59. The Morgan fingerprint density at radius 1 is 1.43 bits per heavy atom. The number of nitrogens with zero attached hydrogens (tertiary/aromatic N) is 2. The van der Waals surface area contributed by atoms with Crippen LogP contribution in [-0.4, -0.2) is 35.0 Å². The third kappa shape index (κ3) is 3.33. The van der Waals surface area contributed by atoms with Crippen LogP contribution in [0.1, 0.15) is 29.0 Å². The minimum absolute atomic E-state index is 0.0201. The molecule has 6 heteroatoms. The van der Waals surface area contributed by atoms with Gasteiger partial charge in [-0.3, -0.25) is 4.79 Å². The Hall–Kier alpha value is -1.66. The van der Waals surface area contributed by atoms with Crippen molar-refractivity contribution < 1.29 is 9.18 Å². The molecule has 122 valence electrons. The normalized spacial score (nSPS) is 18.2. The number of aromatic nitrogens is 1. The molecule has 1 amide bonds. The predicted octanol–water partition coefficient (Wildman–Crippen LogP) is 3.20. The lowest BCUT2D eigenvalue weighted by atomic mass is 10.0. The van der Waals surface area contributed by atoms with Crippen molar-refractivity contribution in [1.82, 2.24) is 14.8 Å². The number of aryl methyl sites for hydroxylation is 1. The molecule has 1 unspecified atom stereocenters. The maximum Gasteiger partial charge on any atom is 0.271 e. The van der Waals surface area contributed by atoms with E-state index in [9.17, 15) is 9.18 Å². The Bertz CT molecular complexity index is 716. The Kier molecular flexibility index (Phi) is 4.82. The van der Waals surface area contributed by atoms with Crippen molar-refractivity contribution in [2.75, 3.05) is 19.6 Å². The van der Waals surface area contributed by atoms with Crippen LogP contribution in [0, 0.1) is 5.82 Å². The number of amides is 1. The van der Waals surface area contributed by atoms with Crippen LogP contribution in [-0.2, 0) is 6.54 Å². The second-order valence-electron chi connectivity index (χ2n) is 5.60. The van der Waals surface area contributed by atoms with Gasteiger partial charge in [-0.1, -0.05) is 12.1 Å². The second-order valence-corrected chi connectivity index (χ2v) is 6.52. The zero-order valence-corrected chi connectivity index (χ0v) is 14.5. The predicted molar refractivity (Wildman–Crippen MR) is 90.9 cm³/mol. The van der Waals surface area contributed by atoms with Gasteiger partial charge in [-0.05, 0) is 46.6 Å². The summed E-state index contributed by atoms with van der Waals surface area (Å²) in [5, 5.41) is 3.29. The third-order valence-electron chi connectivity index (χ3n) is 4.16. The molecule has 2 heterocycles. The summed E-state index contributed by atoms with van der Waals surface area (Å²) in [6.45, 7) is 4.70. The molecule has 3 rings (SSSR count). The standard InChI is InChI=1S/C17H19BrFN3O/c1-2-21-11-13(18)9-15(21)17(23)22-7-6-20-10-16(22)12-4-3-5-14(19)8-12/h3-5,8-9,11,16,20H,2,6-7,10H2,1H3. The number of rotatable bonds is 3. The molecular formula is C17H19BrFN3O. The second kappa shape index (κ2) is 6.84. The van der Waals surface area contributed by atoms with Crippen molar-refractivity contribution in [1.29, 1.82) is 0 Å². The number of piperazine rings is 1. The van der Waals surface area contributed by atoms with Crippen LogP contribution in [0.3, 0.4) is 0 Å². The number of hydrogen-bond acceptors (Lipinski definition) is 2. The molecule has 2 aromatic rings. The van der Waals surface area contributed by atoms with Gasteiger partial charge in [0, 0.05) is 36.8 Å². The fourth-order valence-corrected chi connectivity index (χ4v) is 3.49. The molecule has 1 aromatic carbocycles. The maximum atomic E-state index is 13.6. The molecule has 1 aliphatic heterocycles. The van der Waals surface area contributed by atoms with E-state index in [0.717, 1.165) is 23.1 Å². The van der Waals surface area contributed by atoms with Crippen molar-refractivity contribution >= 4 is 21.8 Å². The lowest BCUT2D eigenvalue weighted by Crippen LogP contribution is -2.49. The number of benzene rings is 1. The molecule has 4 nitrogen and oxygen atoms in total. The highest BCUT2D eigenvalue weighted by Crippen LogP contribution is 2.26. The summed E-state index contributed by atoms with van der Waals surface area (Å²) in [6, 6.07) is 8.17. The van der Waals surface area contributed by atoms with Crippen LogP contribution in [0.4, 0.5) is 4.39 Å². The van der Waals surface area contributed by atoms with Crippen molar-refractivity contribution in [3.8, 4) is 0 Å². The Labute approximate surface area is 143 Å². The number of hydrogen-bond donors (Lipinski definition) is 1. The molecule has 1 saturated heterocycles. The van der Waals surface area contributed by atoms with E-state index in [1.807, 2.05) is 34.7 Å². The molecule has 23 heavy (non-hydrogen) atoms. The van der Waals surface area contributed by atoms with Gasteiger partial charge in [-0.25, -0.2) is 4.39 Å². The highest BCUT2D eigenvalue weighted by molar-refractivity contribution is 9.10. The van der Waals surface area contributed by atoms with Gasteiger partial charge < -0.3 is 14.8 Å². The van der Waals surface area contributed by atoms with E-state index in [4.69, 9.17) is 0 Å². The SMILES string of the molecule is CCn1cc(Br)cc1C(=O)N1CCNCC1c1cccc(F)c1. The maximum absolute atomic E-state index is 13.6. The minimum Gasteiger partial charge on any atom is -0.343 e. The number of carbonyl (C=O) groups is 1. The van der Waals surface area contributed by atoms with Crippen molar-refractivity contribution in [3.63, 3.8) is 0 Å². The van der Waals surface area contributed by atoms with Crippen LogP contribution in [0.25, 0.3) is 0 Å². The quantitative estimate of drug-likeness (QED) is 0.888. The monoisotopic (exact) mass is 379 g/mol. The van der Waals surface area contributed by atoms with E-state index < -0.39 is 0 Å². The summed E-state index contributed by atoms with van der Waals surface area (Å²) in [7, 11) is 0. The first-order valence-electron chi connectivity index (χ1n) is 7.73. The van der Waals surface area contributed by atoms with E-state index in [1.54, 1.807) is 6.07 Å². The van der Waals surface area contributed by atoms with E-state index in [2.05, 4.69) is 21.2 Å². The molecule has 1 fully saturated rings. The summed E-state index contributed by atoms with van der Waals surface area (Å²) in [6.07, 6.45) is 1.91. The van der Waals surface area contributed by atoms with Crippen LogP contribution in [0.5, 0.6) is 0 Å². The fraction of sp³-hybridized carbons (Fsp3) is 0.353. The smallest absolute Gasteiger partial charge is 0.271 e. The first-order valence-corrected chi connectivity index (χ1v) is 8.52. The molecule has 0 saturated carbocycles. The molecule has 1 aliphatic rings. The topological polar surface area (TPSA) is 37.3 Å². The molecule has 0 radical (unpaired) electrons. The lowest BCUT2D eigenvalue weighted by molar-refractivity contribution is 0.0623. The van der Waals surface area contributed by atoms with Crippen LogP contribution >= 0.6 is 15.9 Å². The summed E-state index contributed by atoms with van der Waals surface area (Å²) in [5.74, 6) is -0.298. The van der Waals surface area contributed by atoms with Gasteiger partial charge in [0.1, 0.15) is 11.5 Å². The van der Waals surface area contributed by atoms with Gasteiger partial charge in [0.15, 0.2) is 0 Å². The van der Waals surface area contributed by atoms with Crippen LogP contribution < -0.4 is 5.32 Å².